The van der Waals surface area contributed by atoms with Gasteiger partial charge in [0.15, 0.2) is 0 Å². The van der Waals surface area contributed by atoms with E-state index in [4.69, 9.17) is 5.73 Å². The molecular formula is C16H24F2N2. The number of benzene rings is 1. The van der Waals surface area contributed by atoms with E-state index in [-0.39, 0.29) is 23.6 Å². The summed E-state index contributed by atoms with van der Waals surface area (Å²) in [6.45, 7) is 8.55. The summed E-state index contributed by atoms with van der Waals surface area (Å²) < 4.78 is 27.9. The van der Waals surface area contributed by atoms with Gasteiger partial charge in [-0.2, -0.15) is 0 Å². The van der Waals surface area contributed by atoms with Crippen LogP contribution in [-0.4, -0.2) is 24.5 Å². The van der Waals surface area contributed by atoms with Crippen LogP contribution in [0.5, 0.6) is 0 Å². The summed E-state index contributed by atoms with van der Waals surface area (Å²) in [6, 6.07) is 3.63. The largest absolute Gasteiger partial charge is 0.329 e. The van der Waals surface area contributed by atoms with E-state index >= 15 is 0 Å². The van der Waals surface area contributed by atoms with Crippen LogP contribution in [0.15, 0.2) is 18.2 Å². The van der Waals surface area contributed by atoms with Crippen molar-refractivity contribution in [1.82, 2.24) is 4.90 Å². The first-order chi connectivity index (χ1) is 9.34. The van der Waals surface area contributed by atoms with Gasteiger partial charge in [0.25, 0.3) is 0 Å². The Morgan fingerprint density at radius 2 is 1.90 bits per heavy atom. The summed E-state index contributed by atoms with van der Waals surface area (Å²) in [5.74, 6) is -0.467. The Labute approximate surface area is 120 Å². The summed E-state index contributed by atoms with van der Waals surface area (Å²) in [6.07, 6.45) is 1.05. The van der Waals surface area contributed by atoms with Gasteiger partial charge in [-0.25, -0.2) is 8.78 Å². The van der Waals surface area contributed by atoms with Gasteiger partial charge in [-0.1, -0.05) is 26.8 Å². The zero-order valence-electron chi connectivity index (χ0n) is 12.5. The van der Waals surface area contributed by atoms with Crippen molar-refractivity contribution >= 4 is 0 Å². The average molecular weight is 282 g/mol. The van der Waals surface area contributed by atoms with Gasteiger partial charge in [0.2, 0.25) is 0 Å². The highest BCUT2D eigenvalue weighted by molar-refractivity contribution is 5.24. The first-order valence-corrected chi connectivity index (χ1v) is 7.22. The highest BCUT2D eigenvalue weighted by atomic mass is 19.1. The van der Waals surface area contributed by atoms with Gasteiger partial charge >= 0.3 is 0 Å². The molecule has 1 fully saturated rings. The zero-order valence-corrected chi connectivity index (χ0v) is 12.5. The van der Waals surface area contributed by atoms with Crippen LogP contribution >= 0.6 is 0 Å². The van der Waals surface area contributed by atoms with E-state index in [1.165, 1.54) is 18.2 Å². The van der Waals surface area contributed by atoms with E-state index < -0.39 is 11.6 Å². The lowest BCUT2D eigenvalue weighted by molar-refractivity contribution is 0.192. The molecule has 0 aliphatic carbocycles. The van der Waals surface area contributed by atoms with Crippen LogP contribution in [0.25, 0.3) is 0 Å². The van der Waals surface area contributed by atoms with E-state index in [1.54, 1.807) is 0 Å². The van der Waals surface area contributed by atoms with Crippen LogP contribution in [0.3, 0.4) is 0 Å². The van der Waals surface area contributed by atoms with Gasteiger partial charge in [-0.3, -0.25) is 4.90 Å². The number of nitrogens with zero attached hydrogens (tertiary/aromatic N) is 1. The third-order valence-electron chi connectivity index (χ3n) is 4.44. The van der Waals surface area contributed by atoms with Gasteiger partial charge in [0.1, 0.15) is 11.6 Å². The maximum absolute atomic E-state index is 13.9. The first-order valence-electron chi connectivity index (χ1n) is 7.22. The normalized spacial score (nSPS) is 22.2. The molecule has 2 unspecified atom stereocenters. The predicted molar refractivity (Wildman–Crippen MR) is 77.3 cm³/mol. The van der Waals surface area contributed by atoms with Crippen LogP contribution in [0.4, 0.5) is 8.78 Å². The Morgan fingerprint density at radius 1 is 1.30 bits per heavy atom. The predicted octanol–water partition coefficient (Wildman–Crippen LogP) is 3.33. The Balaban J connectivity index is 2.22. The molecule has 0 aromatic heterocycles. The first kappa shape index (κ1) is 15.4. The number of nitrogens with two attached hydrogens (primary N) is 1. The molecule has 0 saturated carbocycles. The Morgan fingerprint density at radius 3 is 2.35 bits per heavy atom. The van der Waals surface area contributed by atoms with Crippen molar-refractivity contribution in [2.75, 3.05) is 19.6 Å². The van der Waals surface area contributed by atoms with Gasteiger partial charge in [-0.05, 0) is 36.4 Å². The van der Waals surface area contributed by atoms with E-state index in [0.717, 1.165) is 19.5 Å². The van der Waals surface area contributed by atoms with Crippen LogP contribution in [-0.2, 0) is 0 Å². The summed E-state index contributed by atoms with van der Waals surface area (Å²) in [7, 11) is 0. The standard InChI is InChI=1S/C16H24F2N2/c1-16(2,3)11-7-8-20(10-11)14(9-19)15-12(17)5-4-6-13(15)18/h4-6,11,14H,7-10,19H2,1-3H3. The molecule has 2 rings (SSSR count). The second kappa shape index (κ2) is 5.78. The van der Waals surface area contributed by atoms with Crippen molar-refractivity contribution in [3.8, 4) is 0 Å². The number of rotatable bonds is 3. The molecule has 1 aromatic rings. The summed E-state index contributed by atoms with van der Waals surface area (Å²) in [4.78, 5) is 2.12. The number of hydrogen-bond acceptors (Lipinski definition) is 2. The second-order valence-electron chi connectivity index (χ2n) is 6.73. The van der Waals surface area contributed by atoms with E-state index in [0.29, 0.717) is 5.92 Å². The van der Waals surface area contributed by atoms with Crippen molar-refractivity contribution in [2.45, 2.75) is 33.2 Å². The monoisotopic (exact) mass is 282 g/mol. The van der Waals surface area contributed by atoms with Gasteiger partial charge < -0.3 is 5.73 Å². The molecule has 0 radical (unpaired) electrons. The SMILES string of the molecule is CC(C)(C)C1CCN(C(CN)c2c(F)cccc2F)C1. The molecule has 4 heteroatoms. The van der Waals surface area contributed by atoms with Crippen molar-refractivity contribution in [1.29, 1.82) is 0 Å². The summed E-state index contributed by atoms with van der Waals surface area (Å²) in [5.41, 5.74) is 6.13. The summed E-state index contributed by atoms with van der Waals surface area (Å²) >= 11 is 0. The summed E-state index contributed by atoms with van der Waals surface area (Å²) in [5, 5.41) is 0. The highest BCUT2D eigenvalue weighted by Gasteiger charge is 2.36. The van der Waals surface area contributed by atoms with Crippen LogP contribution in [0.2, 0.25) is 0 Å². The Kier molecular flexibility index (Phi) is 4.45. The number of likely N-dealkylation sites (tertiary alicyclic amines) is 1. The van der Waals surface area contributed by atoms with Gasteiger partial charge in [0, 0.05) is 18.7 Å². The maximum Gasteiger partial charge on any atom is 0.130 e. The molecule has 112 valence electrons. The number of hydrogen-bond donors (Lipinski definition) is 1. The molecule has 1 aliphatic rings. The molecule has 0 spiro atoms. The average Bonchev–Trinajstić information content (AvgIpc) is 2.83. The third-order valence-corrected chi connectivity index (χ3v) is 4.44. The van der Waals surface area contributed by atoms with Crippen LogP contribution in [0.1, 0.15) is 38.8 Å². The minimum absolute atomic E-state index is 0.115. The maximum atomic E-state index is 13.9. The fraction of sp³-hybridized carbons (Fsp3) is 0.625. The van der Waals surface area contributed by atoms with E-state index in [9.17, 15) is 8.78 Å². The lowest BCUT2D eigenvalue weighted by atomic mass is 9.80. The molecule has 2 atom stereocenters. The van der Waals surface area contributed by atoms with Crippen molar-refractivity contribution in [3.05, 3.63) is 35.4 Å². The lowest BCUT2D eigenvalue weighted by Gasteiger charge is -2.30. The third kappa shape index (κ3) is 3.01. The molecule has 1 aliphatic heterocycles. The quantitative estimate of drug-likeness (QED) is 0.921. The van der Waals surface area contributed by atoms with Gasteiger partial charge in [0.05, 0.1) is 6.04 Å². The minimum Gasteiger partial charge on any atom is -0.329 e. The molecule has 2 N–H and O–H groups in total. The van der Waals surface area contributed by atoms with Crippen molar-refractivity contribution in [3.63, 3.8) is 0 Å². The van der Waals surface area contributed by atoms with Crippen molar-refractivity contribution in [2.24, 2.45) is 17.1 Å². The lowest BCUT2D eigenvalue weighted by Crippen LogP contribution is -2.34. The smallest absolute Gasteiger partial charge is 0.130 e. The Bertz CT molecular complexity index is 448. The molecule has 1 saturated heterocycles. The van der Waals surface area contributed by atoms with E-state index in [2.05, 4.69) is 25.7 Å². The topological polar surface area (TPSA) is 29.3 Å². The fourth-order valence-electron chi connectivity index (χ4n) is 3.06. The molecule has 0 amide bonds. The fourth-order valence-corrected chi connectivity index (χ4v) is 3.06. The van der Waals surface area contributed by atoms with Gasteiger partial charge in [-0.15, -0.1) is 0 Å². The van der Waals surface area contributed by atoms with Crippen LogP contribution < -0.4 is 5.73 Å². The number of halogens is 2. The molecule has 1 aromatic carbocycles. The second-order valence-corrected chi connectivity index (χ2v) is 6.73. The molecule has 20 heavy (non-hydrogen) atoms. The molecule has 1 heterocycles. The van der Waals surface area contributed by atoms with E-state index in [1.807, 2.05) is 0 Å². The Hall–Kier alpha value is -1.00. The van der Waals surface area contributed by atoms with Crippen LogP contribution in [0, 0.1) is 23.0 Å². The minimum atomic E-state index is -0.500. The molecule has 2 nitrogen and oxygen atoms in total. The highest BCUT2D eigenvalue weighted by Crippen LogP contribution is 2.37. The molecule has 0 bridgehead atoms. The zero-order chi connectivity index (χ0) is 14.9. The van der Waals surface area contributed by atoms with Crippen molar-refractivity contribution < 1.29 is 8.78 Å². The molecular weight excluding hydrogens is 258 g/mol.